The molecule has 1 N–H and O–H groups in total. The molecule has 5 heteroatoms. The standard InChI is InChI=1S/C15H14N4O/c1-16-7-12-8-19-15(10-17-12)20-13-6-11-4-2-3-5-14(11)18-9-13/h2-6,8-10,16H,7H2,1H3. The van der Waals surface area contributed by atoms with Crippen LogP contribution in [0, 0.1) is 0 Å². The van der Waals surface area contributed by atoms with Crippen molar-refractivity contribution in [2.24, 2.45) is 0 Å². The summed E-state index contributed by atoms with van der Waals surface area (Å²) in [5, 5.41) is 4.05. The number of hydrogen-bond acceptors (Lipinski definition) is 5. The Bertz CT molecular complexity index is 712. The topological polar surface area (TPSA) is 59.9 Å². The highest BCUT2D eigenvalue weighted by Gasteiger charge is 2.02. The van der Waals surface area contributed by atoms with E-state index in [1.54, 1.807) is 18.6 Å². The summed E-state index contributed by atoms with van der Waals surface area (Å²) >= 11 is 0. The van der Waals surface area contributed by atoms with Crippen LogP contribution in [0.5, 0.6) is 11.6 Å². The van der Waals surface area contributed by atoms with Gasteiger partial charge < -0.3 is 10.1 Å². The normalized spacial score (nSPS) is 10.7. The molecule has 0 aliphatic rings. The van der Waals surface area contributed by atoms with Crippen LogP contribution in [0.2, 0.25) is 0 Å². The van der Waals surface area contributed by atoms with Gasteiger partial charge in [0.25, 0.3) is 0 Å². The minimum atomic E-state index is 0.460. The highest BCUT2D eigenvalue weighted by Crippen LogP contribution is 2.22. The Kier molecular flexibility index (Phi) is 3.52. The summed E-state index contributed by atoms with van der Waals surface area (Å²) in [7, 11) is 1.87. The molecule has 3 aromatic rings. The molecular weight excluding hydrogens is 252 g/mol. The molecule has 0 saturated heterocycles. The molecule has 0 radical (unpaired) electrons. The maximum absolute atomic E-state index is 5.66. The van der Waals surface area contributed by atoms with E-state index in [4.69, 9.17) is 4.74 Å². The number of ether oxygens (including phenoxy) is 1. The van der Waals surface area contributed by atoms with E-state index in [-0.39, 0.29) is 0 Å². The zero-order valence-corrected chi connectivity index (χ0v) is 11.1. The Morgan fingerprint density at radius 1 is 1.05 bits per heavy atom. The summed E-state index contributed by atoms with van der Waals surface area (Å²) in [6.45, 7) is 0.685. The number of nitrogens with one attached hydrogen (secondary N) is 1. The number of fused-ring (bicyclic) bond motifs is 1. The molecule has 20 heavy (non-hydrogen) atoms. The van der Waals surface area contributed by atoms with Crippen molar-refractivity contribution >= 4 is 10.9 Å². The SMILES string of the molecule is CNCc1cnc(Oc2cnc3ccccc3c2)cn1. The van der Waals surface area contributed by atoms with Crippen molar-refractivity contribution in [3.8, 4) is 11.6 Å². The third-order valence-corrected chi connectivity index (χ3v) is 2.83. The highest BCUT2D eigenvalue weighted by atomic mass is 16.5. The number of rotatable bonds is 4. The predicted molar refractivity (Wildman–Crippen MR) is 76.6 cm³/mol. The van der Waals surface area contributed by atoms with Gasteiger partial charge in [0, 0.05) is 11.9 Å². The zero-order valence-electron chi connectivity index (χ0n) is 11.1. The molecule has 0 aliphatic heterocycles. The summed E-state index contributed by atoms with van der Waals surface area (Å²) in [6, 6.07) is 9.83. The summed E-state index contributed by atoms with van der Waals surface area (Å²) in [6.07, 6.45) is 4.99. The number of pyridine rings is 1. The van der Waals surface area contributed by atoms with E-state index in [9.17, 15) is 0 Å². The number of aromatic nitrogens is 3. The molecule has 0 saturated carbocycles. The van der Waals surface area contributed by atoms with Crippen LogP contribution in [0.4, 0.5) is 0 Å². The predicted octanol–water partition coefficient (Wildman–Crippen LogP) is 2.54. The molecule has 100 valence electrons. The average Bonchev–Trinajstić information content (AvgIpc) is 2.49. The molecule has 5 nitrogen and oxygen atoms in total. The summed E-state index contributed by atoms with van der Waals surface area (Å²) in [4.78, 5) is 12.8. The number of nitrogens with zero attached hydrogens (tertiary/aromatic N) is 3. The van der Waals surface area contributed by atoms with Crippen molar-refractivity contribution < 1.29 is 4.74 Å². The van der Waals surface area contributed by atoms with E-state index in [0.29, 0.717) is 18.2 Å². The Hall–Kier alpha value is -2.53. The van der Waals surface area contributed by atoms with Crippen LogP contribution < -0.4 is 10.1 Å². The monoisotopic (exact) mass is 266 g/mol. The van der Waals surface area contributed by atoms with Gasteiger partial charge in [0.05, 0.1) is 29.8 Å². The second-order valence-electron chi connectivity index (χ2n) is 4.34. The van der Waals surface area contributed by atoms with Crippen molar-refractivity contribution in [2.75, 3.05) is 7.05 Å². The van der Waals surface area contributed by atoms with Crippen LogP contribution in [0.1, 0.15) is 5.69 Å². The molecule has 0 fully saturated rings. The first-order valence-electron chi connectivity index (χ1n) is 6.33. The van der Waals surface area contributed by atoms with E-state index in [2.05, 4.69) is 20.3 Å². The van der Waals surface area contributed by atoms with E-state index in [1.807, 2.05) is 37.4 Å². The first-order chi connectivity index (χ1) is 9.85. The van der Waals surface area contributed by atoms with E-state index < -0.39 is 0 Å². The van der Waals surface area contributed by atoms with Crippen LogP contribution >= 0.6 is 0 Å². The Morgan fingerprint density at radius 3 is 2.75 bits per heavy atom. The van der Waals surface area contributed by atoms with Crippen molar-refractivity contribution in [3.63, 3.8) is 0 Å². The quantitative estimate of drug-likeness (QED) is 0.786. The van der Waals surface area contributed by atoms with Crippen LogP contribution in [-0.4, -0.2) is 22.0 Å². The lowest BCUT2D eigenvalue weighted by Crippen LogP contribution is -2.07. The van der Waals surface area contributed by atoms with Gasteiger partial charge in [-0.25, -0.2) is 4.98 Å². The maximum Gasteiger partial charge on any atom is 0.237 e. The molecule has 0 bridgehead atoms. The number of para-hydroxylation sites is 1. The minimum Gasteiger partial charge on any atom is -0.436 e. The van der Waals surface area contributed by atoms with Gasteiger partial charge in [-0.05, 0) is 19.2 Å². The third-order valence-electron chi connectivity index (χ3n) is 2.83. The van der Waals surface area contributed by atoms with E-state index in [0.717, 1.165) is 16.6 Å². The van der Waals surface area contributed by atoms with Crippen LogP contribution in [0.25, 0.3) is 10.9 Å². The highest BCUT2D eigenvalue weighted by molar-refractivity contribution is 5.79. The second kappa shape index (κ2) is 5.63. The smallest absolute Gasteiger partial charge is 0.237 e. The Morgan fingerprint density at radius 2 is 1.95 bits per heavy atom. The molecule has 2 aromatic heterocycles. The fraction of sp³-hybridized carbons (Fsp3) is 0.133. The van der Waals surface area contributed by atoms with Crippen LogP contribution in [0.15, 0.2) is 48.9 Å². The van der Waals surface area contributed by atoms with Gasteiger partial charge in [-0.15, -0.1) is 0 Å². The van der Waals surface area contributed by atoms with Crippen molar-refractivity contribution in [2.45, 2.75) is 6.54 Å². The molecule has 0 unspecified atom stereocenters. The average molecular weight is 266 g/mol. The second-order valence-corrected chi connectivity index (χ2v) is 4.34. The Labute approximate surface area is 116 Å². The molecule has 0 atom stereocenters. The van der Waals surface area contributed by atoms with Crippen molar-refractivity contribution in [1.82, 2.24) is 20.3 Å². The van der Waals surface area contributed by atoms with E-state index >= 15 is 0 Å². The van der Waals surface area contributed by atoms with Gasteiger partial charge in [0.1, 0.15) is 5.75 Å². The summed E-state index contributed by atoms with van der Waals surface area (Å²) in [5.74, 6) is 1.11. The summed E-state index contributed by atoms with van der Waals surface area (Å²) in [5.41, 5.74) is 1.81. The first-order valence-corrected chi connectivity index (χ1v) is 6.33. The fourth-order valence-electron chi connectivity index (χ4n) is 1.90. The van der Waals surface area contributed by atoms with Gasteiger partial charge >= 0.3 is 0 Å². The van der Waals surface area contributed by atoms with Gasteiger partial charge in [0.15, 0.2) is 0 Å². The summed E-state index contributed by atoms with van der Waals surface area (Å²) < 4.78 is 5.66. The molecule has 0 amide bonds. The number of hydrogen-bond donors (Lipinski definition) is 1. The lowest BCUT2D eigenvalue weighted by atomic mass is 10.2. The molecule has 1 aromatic carbocycles. The van der Waals surface area contributed by atoms with Gasteiger partial charge in [-0.1, -0.05) is 18.2 Å². The minimum absolute atomic E-state index is 0.460. The molecule has 3 rings (SSSR count). The van der Waals surface area contributed by atoms with E-state index in [1.165, 1.54) is 0 Å². The molecule has 2 heterocycles. The van der Waals surface area contributed by atoms with Crippen LogP contribution in [-0.2, 0) is 6.54 Å². The fourth-order valence-corrected chi connectivity index (χ4v) is 1.90. The van der Waals surface area contributed by atoms with Gasteiger partial charge in [-0.2, -0.15) is 0 Å². The number of benzene rings is 1. The molecular formula is C15H14N4O. The van der Waals surface area contributed by atoms with Crippen molar-refractivity contribution in [3.05, 3.63) is 54.6 Å². The van der Waals surface area contributed by atoms with Crippen LogP contribution in [0.3, 0.4) is 0 Å². The lowest BCUT2D eigenvalue weighted by molar-refractivity contribution is 0.458. The third kappa shape index (κ3) is 2.73. The zero-order chi connectivity index (χ0) is 13.8. The molecule has 0 spiro atoms. The van der Waals surface area contributed by atoms with Gasteiger partial charge in [0.2, 0.25) is 5.88 Å². The Balaban J connectivity index is 1.81. The van der Waals surface area contributed by atoms with Gasteiger partial charge in [-0.3, -0.25) is 9.97 Å². The molecule has 0 aliphatic carbocycles. The maximum atomic E-state index is 5.66. The lowest BCUT2D eigenvalue weighted by Gasteiger charge is -2.05. The largest absolute Gasteiger partial charge is 0.436 e. The van der Waals surface area contributed by atoms with Crippen molar-refractivity contribution in [1.29, 1.82) is 0 Å². The first kappa shape index (κ1) is 12.5.